The maximum absolute atomic E-state index is 12.2. The molecule has 0 unspecified atom stereocenters. The minimum atomic E-state index is -0.405. The molecule has 23 heavy (non-hydrogen) atoms. The summed E-state index contributed by atoms with van der Waals surface area (Å²) in [7, 11) is 1.34. The summed E-state index contributed by atoms with van der Waals surface area (Å²) in [6.07, 6.45) is 3.00. The fraction of sp³-hybridized carbons (Fsp3) is 0.312. The molecule has 0 spiro atoms. The third-order valence-electron chi connectivity index (χ3n) is 3.79. The number of carbonyl (C=O) groups is 2. The van der Waals surface area contributed by atoms with Crippen LogP contribution in [0.2, 0.25) is 0 Å². The molecule has 0 radical (unpaired) electrons. The lowest BCUT2D eigenvalue weighted by atomic mass is 10.2. The minimum absolute atomic E-state index is 0.0938. The van der Waals surface area contributed by atoms with Crippen molar-refractivity contribution < 1.29 is 18.7 Å². The van der Waals surface area contributed by atoms with Gasteiger partial charge in [-0.1, -0.05) is 0 Å². The zero-order valence-electron chi connectivity index (χ0n) is 12.8. The number of methoxy groups -OCH3 is 1. The number of pyridine rings is 1. The van der Waals surface area contributed by atoms with Gasteiger partial charge in [-0.15, -0.1) is 0 Å². The number of anilines is 1. The van der Waals surface area contributed by atoms with Crippen LogP contribution in [0.4, 0.5) is 5.82 Å². The van der Waals surface area contributed by atoms with Gasteiger partial charge in [-0.3, -0.25) is 4.79 Å². The second kappa shape index (κ2) is 6.51. The Labute approximate surface area is 133 Å². The van der Waals surface area contributed by atoms with Crippen molar-refractivity contribution in [2.45, 2.75) is 0 Å². The first-order valence-corrected chi connectivity index (χ1v) is 7.31. The van der Waals surface area contributed by atoms with E-state index in [0.29, 0.717) is 37.5 Å². The Morgan fingerprint density at radius 2 is 1.96 bits per heavy atom. The number of furan rings is 1. The van der Waals surface area contributed by atoms with Gasteiger partial charge in [0.1, 0.15) is 5.82 Å². The zero-order chi connectivity index (χ0) is 16.2. The van der Waals surface area contributed by atoms with Crippen molar-refractivity contribution in [3.8, 4) is 0 Å². The van der Waals surface area contributed by atoms with Crippen molar-refractivity contribution in [2.75, 3.05) is 38.2 Å². The van der Waals surface area contributed by atoms with Gasteiger partial charge in [0, 0.05) is 32.4 Å². The lowest BCUT2D eigenvalue weighted by Gasteiger charge is -2.35. The van der Waals surface area contributed by atoms with Crippen LogP contribution in [0.1, 0.15) is 20.9 Å². The topological polar surface area (TPSA) is 75.9 Å². The highest BCUT2D eigenvalue weighted by molar-refractivity contribution is 5.91. The molecule has 2 aromatic rings. The Kier molecular flexibility index (Phi) is 4.27. The lowest BCUT2D eigenvalue weighted by Crippen LogP contribution is -2.49. The molecule has 0 aromatic carbocycles. The van der Waals surface area contributed by atoms with E-state index < -0.39 is 5.97 Å². The molecule has 1 aliphatic rings. The Hall–Kier alpha value is -2.83. The molecule has 3 heterocycles. The first-order valence-electron chi connectivity index (χ1n) is 7.31. The van der Waals surface area contributed by atoms with Crippen LogP contribution >= 0.6 is 0 Å². The Morgan fingerprint density at radius 3 is 2.52 bits per heavy atom. The third-order valence-corrected chi connectivity index (χ3v) is 3.79. The average molecular weight is 315 g/mol. The Balaban J connectivity index is 1.60. The third kappa shape index (κ3) is 3.18. The summed E-state index contributed by atoms with van der Waals surface area (Å²) in [6, 6.07) is 6.85. The summed E-state index contributed by atoms with van der Waals surface area (Å²) < 4.78 is 9.80. The summed E-state index contributed by atoms with van der Waals surface area (Å²) in [4.78, 5) is 31.7. The van der Waals surface area contributed by atoms with Crippen LogP contribution in [0.25, 0.3) is 0 Å². The SMILES string of the molecule is COC(=O)c1ccc(N2CCN(C(=O)c3ccco3)CC2)nc1. The monoisotopic (exact) mass is 315 g/mol. The molecule has 0 saturated carbocycles. The second-order valence-electron chi connectivity index (χ2n) is 5.15. The molecule has 0 atom stereocenters. The molecule has 7 nitrogen and oxygen atoms in total. The minimum Gasteiger partial charge on any atom is -0.465 e. The van der Waals surface area contributed by atoms with E-state index in [1.54, 1.807) is 29.2 Å². The number of carbonyl (C=O) groups excluding carboxylic acids is 2. The van der Waals surface area contributed by atoms with Gasteiger partial charge < -0.3 is 19.0 Å². The molecule has 2 aromatic heterocycles. The molecule has 3 rings (SSSR count). The van der Waals surface area contributed by atoms with E-state index in [0.717, 1.165) is 5.82 Å². The van der Waals surface area contributed by atoms with Crippen LogP contribution in [0.5, 0.6) is 0 Å². The molecule has 1 saturated heterocycles. The molecule has 0 aliphatic carbocycles. The van der Waals surface area contributed by atoms with Crippen molar-refractivity contribution in [1.82, 2.24) is 9.88 Å². The van der Waals surface area contributed by atoms with E-state index in [2.05, 4.69) is 14.6 Å². The van der Waals surface area contributed by atoms with Crippen molar-refractivity contribution >= 4 is 17.7 Å². The largest absolute Gasteiger partial charge is 0.465 e. The summed E-state index contributed by atoms with van der Waals surface area (Å²) in [5.41, 5.74) is 0.419. The van der Waals surface area contributed by atoms with Crippen LogP contribution in [-0.4, -0.2) is 55.0 Å². The van der Waals surface area contributed by atoms with Gasteiger partial charge in [0.25, 0.3) is 5.91 Å². The predicted molar refractivity (Wildman–Crippen MR) is 82.4 cm³/mol. The summed E-state index contributed by atoms with van der Waals surface area (Å²) in [6.45, 7) is 2.55. The van der Waals surface area contributed by atoms with E-state index in [4.69, 9.17) is 4.42 Å². The standard InChI is InChI=1S/C16H17N3O4/c1-22-16(21)12-4-5-14(17-11-12)18-6-8-19(9-7-18)15(20)13-3-2-10-23-13/h2-5,10-11H,6-9H2,1H3. The number of rotatable bonds is 3. The van der Waals surface area contributed by atoms with Gasteiger partial charge in [-0.25, -0.2) is 9.78 Å². The highest BCUT2D eigenvalue weighted by Crippen LogP contribution is 2.16. The normalized spacial score (nSPS) is 14.7. The van der Waals surface area contributed by atoms with Crippen LogP contribution in [-0.2, 0) is 4.74 Å². The smallest absolute Gasteiger partial charge is 0.339 e. The Bertz CT molecular complexity index is 674. The molecule has 1 fully saturated rings. The van der Waals surface area contributed by atoms with Crippen molar-refractivity contribution in [2.24, 2.45) is 0 Å². The highest BCUT2D eigenvalue weighted by Gasteiger charge is 2.24. The van der Waals surface area contributed by atoms with Gasteiger partial charge in [-0.2, -0.15) is 0 Å². The number of piperazine rings is 1. The maximum Gasteiger partial charge on any atom is 0.339 e. The van der Waals surface area contributed by atoms with E-state index in [1.165, 1.54) is 19.6 Å². The van der Waals surface area contributed by atoms with Crippen LogP contribution in [0, 0.1) is 0 Å². The van der Waals surface area contributed by atoms with E-state index in [9.17, 15) is 9.59 Å². The number of nitrogens with zero attached hydrogens (tertiary/aromatic N) is 3. The zero-order valence-corrected chi connectivity index (χ0v) is 12.8. The molecular formula is C16H17N3O4. The molecular weight excluding hydrogens is 298 g/mol. The number of esters is 1. The van der Waals surface area contributed by atoms with Gasteiger partial charge in [0.05, 0.1) is 18.9 Å². The Morgan fingerprint density at radius 1 is 1.17 bits per heavy atom. The highest BCUT2D eigenvalue weighted by atomic mass is 16.5. The molecule has 1 aliphatic heterocycles. The van der Waals surface area contributed by atoms with Crippen LogP contribution in [0.15, 0.2) is 41.1 Å². The predicted octanol–water partition coefficient (Wildman–Crippen LogP) is 1.42. The summed E-state index contributed by atoms with van der Waals surface area (Å²) >= 11 is 0. The molecule has 7 heteroatoms. The quantitative estimate of drug-likeness (QED) is 0.798. The van der Waals surface area contributed by atoms with Gasteiger partial charge in [-0.05, 0) is 24.3 Å². The maximum atomic E-state index is 12.2. The number of hydrogen-bond acceptors (Lipinski definition) is 6. The fourth-order valence-corrected chi connectivity index (χ4v) is 2.51. The van der Waals surface area contributed by atoms with Gasteiger partial charge >= 0.3 is 5.97 Å². The number of aromatic nitrogens is 1. The first-order chi connectivity index (χ1) is 11.2. The first kappa shape index (κ1) is 15.1. The fourth-order valence-electron chi connectivity index (χ4n) is 2.51. The molecule has 120 valence electrons. The van der Waals surface area contributed by atoms with Gasteiger partial charge in [0.2, 0.25) is 0 Å². The summed E-state index contributed by atoms with van der Waals surface area (Å²) in [5.74, 6) is 0.642. The number of amides is 1. The second-order valence-corrected chi connectivity index (χ2v) is 5.15. The van der Waals surface area contributed by atoms with Crippen molar-refractivity contribution in [1.29, 1.82) is 0 Å². The van der Waals surface area contributed by atoms with E-state index in [1.807, 2.05) is 0 Å². The average Bonchev–Trinajstić information content (AvgIpc) is 3.15. The van der Waals surface area contributed by atoms with Gasteiger partial charge in [0.15, 0.2) is 5.76 Å². The van der Waals surface area contributed by atoms with Crippen molar-refractivity contribution in [3.63, 3.8) is 0 Å². The van der Waals surface area contributed by atoms with E-state index >= 15 is 0 Å². The summed E-state index contributed by atoms with van der Waals surface area (Å²) in [5, 5.41) is 0. The van der Waals surface area contributed by atoms with Crippen molar-refractivity contribution in [3.05, 3.63) is 48.0 Å². The lowest BCUT2D eigenvalue weighted by molar-refractivity contribution is 0.0599. The molecule has 0 N–H and O–H groups in total. The van der Waals surface area contributed by atoms with Crippen LogP contribution < -0.4 is 4.90 Å². The molecule has 1 amide bonds. The number of ether oxygens (including phenoxy) is 1. The van der Waals surface area contributed by atoms with Crippen LogP contribution in [0.3, 0.4) is 0 Å². The van der Waals surface area contributed by atoms with E-state index in [-0.39, 0.29) is 5.91 Å². The number of hydrogen-bond donors (Lipinski definition) is 0. The molecule has 0 bridgehead atoms.